The van der Waals surface area contributed by atoms with Gasteiger partial charge in [-0.1, -0.05) is 22.0 Å². The molecular formula is C6H9BrO2. The molecule has 0 aromatic carbocycles. The monoisotopic (exact) mass is 192 g/mol. The number of halogens is 1. The maximum atomic E-state index is 5.16. The molecule has 0 bridgehead atoms. The van der Waals surface area contributed by atoms with Gasteiger partial charge in [0.1, 0.15) is 0 Å². The van der Waals surface area contributed by atoms with Crippen LogP contribution in [0.3, 0.4) is 0 Å². The van der Waals surface area contributed by atoms with Crippen molar-refractivity contribution >= 4 is 15.9 Å². The number of ether oxygens (including phenoxy) is 2. The molecule has 1 saturated heterocycles. The van der Waals surface area contributed by atoms with Crippen molar-refractivity contribution < 1.29 is 9.47 Å². The molecule has 0 spiro atoms. The summed E-state index contributed by atoms with van der Waals surface area (Å²) in [5.74, 6) is 0. The van der Waals surface area contributed by atoms with E-state index in [2.05, 4.69) is 15.9 Å². The van der Waals surface area contributed by atoms with Gasteiger partial charge in [0, 0.05) is 6.42 Å². The highest BCUT2D eigenvalue weighted by molar-refractivity contribution is 9.11. The average molecular weight is 193 g/mol. The number of hydrogen-bond acceptors (Lipinski definition) is 2. The van der Waals surface area contributed by atoms with Crippen LogP contribution in [-0.2, 0) is 9.47 Å². The first kappa shape index (κ1) is 7.25. The molecule has 9 heavy (non-hydrogen) atoms. The van der Waals surface area contributed by atoms with Gasteiger partial charge in [0.05, 0.1) is 13.2 Å². The van der Waals surface area contributed by atoms with E-state index in [1.165, 1.54) is 0 Å². The molecule has 2 nitrogen and oxygen atoms in total. The summed E-state index contributed by atoms with van der Waals surface area (Å²) in [5, 5.41) is 0. The molecule has 52 valence electrons. The van der Waals surface area contributed by atoms with Crippen LogP contribution in [0, 0.1) is 0 Å². The van der Waals surface area contributed by atoms with E-state index >= 15 is 0 Å². The van der Waals surface area contributed by atoms with Crippen LogP contribution in [0.2, 0.25) is 0 Å². The molecule has 0 atom stereocenters. The summed E-state index contributed by atoms with van der Waals surface area (Å²) in [4.78, 5) is 1.82. The van der Waals surface area contributed by atoms with Gasteiger partial charge in [-0.15, -0.1) is 0 Å². The Bertz CT molecular complexity index is 97.2. The molecule has 0 N–H and O–H groups in total. The zero-order chi connectivity index (χ0) is 6.53. The zero-order valence-corrected chi connectivity index (χ0v) is 6.63. The maximum absolute atomic E-state index is 5.16. The van der Waals surface area contributed by atoms with Crippen LogP contribution in [0.5, 0.6) is 0 Å². The fourth-order valence-corrected chi connectivity index (χ4v) is 0.922. The van der Waals surface area contributed by atoms with E-state index in [1.54, 1.807) is 0 Å². The van der Waals surface area contributed by atoms with Gasteiger partial charge in [0.25, 0.3) is 0 Å². The van der Waals surface area contributed by atoms with Gasteiger partial charge in [0.15, 0.2) is 6.29 Å². The third-order valence-corrected chi connectivity index (χ3v) is 1.48. The average Bonchev–Trinajstić information content (AvgIpc) is 2.34. The third kappa shape index (κ3) is 2.47. The van der Waals surface area contributed by atoms with Gasteiger partial charge in [-0.2, -0.15) is 0 Å². The first-order chi connectivity index (χ1) is 4.43. The van der Waals surface area contributed by atoms with E-state index in [0.717, 1.165) is 19.6 Å². The Hall–Kier alpha value is 0.140. The van der Waals surface area contributed by atoms with Crippen LogP contribution in [0.25, 0.3) is 0 Å². The fourth-order valence-electron chi connectivity index (χ4n) is 0.706. The summed E-state index contributed by atoms with van der Waals surface area (Å²) in [6, 6.07) is 0. The minimum absolute atomic E-state index is 0.00111. The van der Waals surface area contributed by atoms with Crippen molar-refractivity contribution in [2.45, 2.75) is 12.7 Å². The van der Waals surface area contributed by atoms with Crippen LogP contribution in [0.15, 0.2) is 11.1 Å². The second kappa shape index (κ2) is 4.04. The van der Waals surface area contributed by atoms with E-state index in [4.69, 9.17) is 9.47 Å². The Balaban J connectivity index is 2.11. The molecular weight excluding hydrogens is 184 g/mol. The molecule has 3 heteroatoms. The lowest BCUT2D eigenvalue weighted by Crippen LogP contribution is -2.04. The minimum Gasteiger partial charge on any atom is -0.350 e. The first-order valence-electron chi connectivity index (χ1n) is 2.92. The Morgan fingerprint density at radius 1 is 1.44 bits per heavy atom. The Morgan fingerprint density at radius 3 is 2.67 bits per heavy atom. The van der Waals surface area contributed by atoms with Gasteiger partial charge in [-0.3, -0.25) is 0 Å². The van der Waals surface area contributed by atoms with Crippen LogP contribution < -0.4 is 0 Å². The predicted molar refractivity (Wildman–Crippen MR) is 38.4 cm³/mol. The standard InChI is InChI=1S/C6H9BrO2/c7-3-1-2-6-8-4-5-9-6/h1,3,6H,2,4-5H2. The van der Waals surface area contributed by atoms with Crippen molar-refractivity contribution in [1.29, 1.82) is 0 Å². The van der Waals surface area contributed by atoms with E-state index < -0.39 is 0 Å². The van der Waals surface area contributed by atoms with Crippen molar-refractivity contribution in [2.24, 2.45) is 0 Å². The van der Waals surface area contributed by atoms with Gasteiger partial charge in [-0.05, 0) is 4.99 Å². The molecule has 0 saturated carbocycles. The van der Waals surface area contributed by atoms with Gasteiger partial charge >= 0.3 is 0 Å². The van der Waals surface area contributed by atoms with Crippen LogP contribution in [-0.4, -0.2) is 19.5 Å². The minimum atomic E-state index is -0.00111. The molecule has 1 aliphatic heterocycles. The predicted octanol–water partition coefficient (Wildman–Crippen LogP) is 1.66. The SMILES string of the molecule is BrC=CCC1OCCO1. The van der Waals surface area contributed by atoms with Crippen molar-refractivity contribution in [3.63, 3.8) is 0 Å². The van der Waals surface area contributed by atoms with E-state index in [1.807, 2.05) is 11.1 Å². The second-order valence-electron chi connectivity index (χ2n) is 1.77. The quantitative estimate of drug-likeness (QED) is 0.663. The topological polar surface area (TPSA) is 18.5 Å². The smallest absolute Gasteiger partial charge is 0.161 e. The normalized spacial score (nSPS) is 21.9. The van der Waals surface area contributed by atoms with E-state index in [-0.39, 0.29) is 6.29 Å². The molecule has 1 fully saturated rings. The first-order valence-corrected chi connectivity index (χ1v) is 3.83. The Morgan fingerprint density at radius 2 is 2.11 bits per heavy atom. The van der Waals surface area contributed by atoms with E-state index in [9.17, 15) is 0 Å². The molecule has 0 aromatic rings. The highest BCUT2D eigenvalue weighted by atomic mass is 79.9. The van der Waals surface area contributed by atoms with Crippen molar-refractivity contribution in [1.82, 2.24) is 0 Å². The van der Waals surface area contributed by atoms with E-state index in [0.29, 0.717) is 0 Å². The summed E-state index contributed by atoms with van der Waals surface area (Å²) in [6.45, 7) is 1.47. The molecule has 1 heterocycles. The summed E-state index contributed by atoms with van der Waals surface area (Å²) in [7, 11) is 0. The summed E-state index contributed by atoms with van der Waals surface area (Å²) < 4.78 is 10.3. The van der Waals surface area contributed by atoms with Crippen molar-refractivity contribution in [3.05, 3.63) is 11.1 Å². The Kier molecular flexibility index (Phi) is 3.25. The van der Waals surface area contributed by atoms with Crippen molar-refractivity contribution in [3.8, 4) is 0 Å². The highest BCUT2D eigenvalue weighted by Gasteiger charge is 2.12. The molecule has 1 rings (SSSR count). The molecule has 0 radical (unpaired) electrons. The lowest BCUT2D eigenvalue weighted by molar-refractivity contribution is -0.0379. The highest BCUT2D eigenvalue weighted by Crippen LogP contribution is 2.08. The van der Waals surface area contributed by atoms with Crippen LogP contribution in [0.1, 0.15) is 6.42 Å². The van der Waals surface area contributed by atoms with Gasteiger partial charge < -0.3 is 9.47 Å². The Labute approximate surface area is 63.0 Å². The van der Waals surface area contributed by atoms with Gasteiger partial charge in [-0.25, -0.2) is 0 Å². The summed E-state index contributed by atoms with van der Waals surface area (Å²) in [5.41, 5.74) is 0. The molecule has 1 aliphatic rings. The number of rotatable bonds is 2. The summed E-state index contributed by atoms with van der Waals surface area (Å²) >= 11 is 3.16. The largest absolute Gasteiger partial charge is 0.350 e. The second-order valence-corrected chi connectivity index (χ2v) is 2.30. The lowest BCUT2D eigenvalue weighted by atomic mass is 10.4. The molecule has 0 aromatic heterocycles. The molecule has 0 unspecified atom stereocenters. The van der Waals surface area contributed by atoms with Crippen LogP contribution in [0.4, 0.5) is 0 Å². The van der Waals surface area contributed by atoms with Crippen LogP contribution >= 0.6 is 15.9 Å². The number of hydrogen-bond donors (Lipinski definition) is 0. The zero-order valence-electron chi connectivity index (χ0n) is 5.05. The maximum Gasteiger partial charge on any atom is 0.161 e. The van der Waals surface area contributed by atoms with Gasteiger partial charge in [0.2, 0.25) is 0 Å². The van der Waals surface area contributed by atoms with Crippen molar-refractivity contribution in [2.75, 3.05) is 13.2 Å². The lowest BCUT2D eigenvalue weighted by Gasteiger charge is -2.02. The molecule has 0 amide bonds. The third-order valence-electron chi connectivity index (χ3n) is 1.11. The summed E-state index contributed by atoms with van der Waals surface area (Å²) in [6.07, 6.45) is 2.81. The molecule has 0 aliphatic carbocycles. The fraction of sp³-hybridized carbons (Fsp3) is 0.667.